The van der Waals surface area contributed by atoms with Gasteiger partial charge in [0.25, 0.3) is 5.91 Å². The van der Waals surface area contributed by atoms with Crippen LogP contribution in [0.2, 0.25) is 0 Å². The Hall–Kier alpha value is -2.63. The zero-order valence-electron chi connectivity index (χ0n) is 12.6. The fraction of sp³-hybridized carbons (Fsp3) is 0.294. The normalized spacial score (nSPS) is 17.4. The highest BCUT2D eigenvalue weighted by atomic mass is 19.1. The van der Waals surface area contributed by atoms with Gasteiger partial charge in [-0.1, -0.05) is 6.07 Å². The van der Waals surface area contributed by atoms with Gasteiger partial charge in [-0.15, -0.1) is 0 Å². The van der Waals surface area contributed by atoms with E-state index in [9.17, 15) is 14.0 Å². The molecule has 0 spiro atoms. The summed E-state index contributed by atoms with van der Waals surface area (Å²) < 4.78 is 18.2. The molecule has 120 valence electrons. The molecule has 23 heavy (non-hydrogen) atoms. The maximum atomic E-state index is 13.4. The Labute approximate surface area is 132 Å². The third kappa shape index (κ3) is 3.26. The van der Waals surface area contributed by atoms with Gasteiger partial charge in [0.05, 0.1) is 17.9 Å². The molecule has 0 aliphatic heterocycles. The van der Waals surface area contributed by atoms with Gasteiger partial charge in [0.1, 0.15) is 18.1 Å². The van der Waals surface area contributed by atoms with Crippen LogP contribution in [0.5, 0.6) is 0 Å². The van der Waals surface area contributed by atoms with E-state index in [1.54, 1.807) is 13.0 Å². The van der Waals surface area contributed by atoms with Crippen LogP contribution in [0.1, 0.15) is 40.9 Å². The Kier molecular flexibility index (Phi) is 4.14. The minimum Gasteiger partial charge on any atom is -0.472 e. The number of amides is 2. The van der Waals surface area contributed by atoms with Gasteiger partial charge in [-0.3, -0.25) is 9.59 Å². The molecule has 0 unspecified atom stereocenters. The van der Waals surface area contributed by atoms with Crippen LogP contribution in [0.3, 0.4) is 0 Å². The molecule has 6 heteroatoms. The van der Waals surface area contributed by atoms with Crippen LogP contribution >= 0.6 is 0 Å². The number of furan rings is 1. The lowest BCUT2D eigenvalue weighted by Gasteiger charge is -2.18. The SMILES string of the molecule is C[C@H](NC(=O)c1ccoc1)C(=O)N[C@@H]1CCc2ccc(F)cc21. The van der Waals surface area contributed by atoms with E-state index >= 15 is 0 Å². The van der Waals surface area contributed by atoms with Gasteiger partial charge in [-0.25, -0.2) is 4.39 Å². The smallest absolute Gasteiger partial charge is 0.255 e. The van der Waals surface area contributed by atoms with Gasteiger partial charge in [0.2, 0.25) is 5.91 Å². The molecule has 2 amide bonds. The van der Waals surface area contributed by atoms with Crippen LogP contribution < -0.4 is 10.6 Å². The molecule has 2 atom stereocenters. The maximum absolute atomic E-state index is 13.4. The molecule has 0 bridgehead atoms. The van der Waals surface area contributed by atoms with Crippen LogP contribution in [0.25, 0.3) is 0 Å². The molecule has 0 saturated heterocycles. The molecule has 1 aromatic carbocycles. The van der Waals surface area contributed by atoms with Crippen molar-refractivity contribution in [2.24, 2.45) is 0 Å². The number of rotatable bonds is 4. The highest BCUT2D eigenvalue weighted by Crippen LogP contribution is 2.31. The Morgan fingerprint density at radius 1 is 1.35 bits per heavy atom. The number of fused-ring (bicyclic) bond motifs is 1. The highest BCUT2D eigenvalue weighted by molar-refractivity contribution is 5.97. The van der Waals surface area contributed by atoms with E-state index in [1.165, 1.54) is 30.7 Å². The number of aryl methyl sites for hydroxylation is 1. The van der Waals surface area contributed by atoms with E-state index in [-0.39, 0.29) is 23.7 Å². The summed E-state index contributed by atoms with van der Waals surface area (Å²) >= 11 is 0. The second-order valence-corrected chi connectivity index (χ2v) is 5.65. The summed E-state index contributed by atoms with van der Waals surface area (Å²) in [7, 11) is 0. The number of hydrogen-bond acceptors (Lipinski definition) is 3. The standard InChI is InChI=1S/C17H17FN2O3/c1-10(19-17(22)12-6-7-23-9-12)16(21)20-15-5-3-11-2-4-13(18)8-14(11)15/h2,4,6-10,15H,3,5H2,1H3,(H,19,22)(H,20,21)/t10-,15+/m0/s1. The Morgan fingerprint density at radius 2 is 2.17 bits per heavy atom. The molecular weight excluding hydrogens is 299 g/mol. The van der Waals surface area contributed by atoms with Crippen LogP contribution in [-0.4, -0.2) is 17.9 Å². The first-order chi connectivity index (χ1) is 11.0. The molecule has 3 rings (SSSR count). The topological polar surface area (TPSA) is 71.3 Å². The number of benzene rings is 1. The first kappa shape index (κ1) is 15.3. The number of hydrogen-bond donors (Lipinski definition) is 2. The molecule has 2 aromatic rings. The van der Waals surface area contributed by atoms with Crippen molar-refractivity contribution in [1.29, 1.82) is 0 Å². The number of carbonyl (C=O) groups is 2. The minimum atomic E-state index is -0.699. The summed E-state index contributed by atoms with van der Waals surface area (Å²) in [5.41, 5.74) is 2.22. The number of carbonyl (C=O) groups excluding carboxylic acids is 2. The average molecular weight is 316 g/mol. The predicted molar refractivity (Wildman–Crippen MR) is 81.2 cm³/mol. The van der Waals surface area contributed by atoms with Crippen LogP contribution in [0.15, 0.2) is 41.2 Å². The summed E-state index contributed by atoms with van der Waals surface area (Å²) in [5, 5.41) is 5.48. The highest BCUT2D eigenvalue weighted by Gasteiger charge is 2.26. The Bertz CT molecular complexity index is 727. The van der Waals surface area contributed by atoms with Gasteiger partial charge in [-0.2, -0.15) is 0 Å². The molecule has 5 nitrogen and oxygen atoms in total. The molecule has 0 radical (unpaired) electrons. The van der Waals surface area contributed by atoms with Gasteiger partial charge < -0.3 is 15.1 Å². The number of nitrogens with one attached hydrogen (secondary N) is 2. The van der Waals surface area contributed by atoms with E-state index in [0.717, 1.165) is 24.0 Å². The molecule has 1 aromatic heterocycles. The van der Waals surface area contributed by atoms with Crippen LogP contribution in [-0.2, 0) is 11.2 Å². The monoisotopic (exact) mass is 316 g/mol. The van der Waals surface area contributed by atoms with Gasteiger partial charge in [0.15, 0.2) is 0 Å². The molecule has 1 heterocycles. The van der Waals surface area contributed by atoms with Gasteiger partial charge in [-0.05, 0) is 49.1 Å². The number of halogens is 1. The van der Waals surface area contributed by atoms with Crippen molar-refractivity contribution in [3.05, 3.63) is 59.3 Å². The first-order valence-electron chi connectivity index (χ1n) is 7.46. The average Bonchev–Trinajstić information content (AvgIpc) is 3.17. The van der Waals surface area contributed by atoms with Crippen molar-refractivity contribution in [1.82, 2.24) is 10.6 Å². The zero-order valence-corrected chi connectivity index (χ0v) is 12.6. The molecule has 2 N–H and O–H groups in total. The Balaban J connectivity index is 1.62. The summed E-state index contributed by atoms with van der Waals surface area (Å²) in [6.45, 7) is 1.61. The predicted octanol–water partition coefficient (Wildman–Crippen LogP) is 2.34. The maximum Gasteiger partial charge on any atom is 0.255 e. The van der Waals surface area contributed by atoms with Gasteiger partial charge in [0, 0.05) is 0 Å². The fourth-order valence-electron chi connectivity index (χ4n) is 2.76. The van der Waals surface area contributed by atoms with Crippen molar-refractivity contribution in [2.45, 2.75) is 31.8 Å². The molecule has 0 fully saturated rings. The van der Waals surface area contributed by atoms with Gasteiger partial charge >= 0.3 is 0 Å². The van der Waals surface area contributed by atoms with E-state index in [4.69, 9.17) is 4.42 Å². The molecular formula is C17H17FN2O3. The summed E-state index contributed by atoms with van der Waals surface area (Å²) in [5.74, 6) is -0.991. The summed E-state index contributed by atoms with van der Waals surface area (Å²) in [6, 6.07) is 5.24. The quantitative estimate of drug-likeness (QED) is 0.909. The fourth-order valence-corrected chi connectivity index (χ4v) is 2.76. The van der Waals surface area contributed by atoms with Crippen molar-refractivity contribution in [2.75, 3.05) is 0 Å². The second kappa shape index (κ2) is 6.24. The lowest BCUT2D eigenvalue weighted by Crippen LogP contribution is -2.45. The summed E-state index contributed by atoms with van der Waals surface area (Å²) in [6.07, 6.45) is 4.24. The molecule has 0 saturated carbocycles. The van der Waals surface area contributed by atoms with Crippen molar-refractivity contribution in [3.63, 3.8) is 0 Å². The first-order valence-corrected chi connectivity index (χ1v) is 7.46. The largest absolute Gasteiger partial charge is 0.472 e. The summed E-state index contributed by atoms with van der Waals surface area (Å²) in [4.78, 5) is 24.2. The van der Waals surface area contributed by atoms with E-state index in [0.29, 0.717) is 5.56 Å². The van der Waals surface area contributed by atoms with Crippen molar-refractivity contribution < 1.29 is 18.4 Å². The second-order valence-electron chi connectivity index (χ2n) is 5.65. The third-order valence-electron chi connectivity index (χ3n) is 4.03. The molecule has 1 aliphatic carbocycles. The molecule has 1 aliphatic rings. The minimum absolute atomic E-state index is 0.221. The lowest BCUT2D eigenvalue weighted by atomic mass is 10.1. The van der Waals surface area contributed by atoms with Crippen LogP contribution in [0.4, 0.5) is 4.39 Å². The van der Waals surface area contributed by atoms with Crippen molar-refractivity contribution in [3.8, 4) is 0 Å². The third-order valence-corrected chi connectivity index (χ3v) is 4.03. The van der Waals surface area contributed by atoms with Crippen molar-refractivity contribution >= 4 is 11.8 Å². The lowest BCUT2D eigenvalue weighted by molar-refractivity contribution is -0.123. The van der Waals surface area contributed by atoms with Crippen LogP contribution in [0, 0.1) is 5.82 Å². The van der Waals surface area contributed by atoms with E-state index < -0.39 is 6.04 Å². The zero-order chi connectivity index (χ0) is 16.4. The van der Waals surface area contributed by atoms with E-state index in [2.05, 4.69) is 10.6 Å². The Morgan fingerprint density at radius 3 is 2.91 bits per heavy atom. The van der Waals surface area contributed by atoms with E-state index in [1.807, 2.05) is 0 Å².